The monoisotopic (exact) mass is 803 g/mol. The van der Waals surface area contributed by atoms with Gasteiger partial charge < -0.3 is 4.42 Å². The van der Waals surface area contributed by atoms with Crippen LogP contribution < -0.4 is 14.3 Å². The smallest absolute Gasteiger partial charge is 0.364 e. The molecule has 0 amide bonds. The molecule has 1 spiro atoms. The summed E-state index contributed by atoms with van der Waals surface area (Å²) in [5.41, 5.74) is 18.6. The van der Waals surface area contributed by atoms with Crippen LogP contribution in [0.4, 0.5) is 0 Å². The number of imidazole rings is 1. The Balaban J connectivity index is 1.33. The maximum Gasteiger partial charge on any atom is 0.364 e. The first-order chi connectivity index (χ1) is 30.2. The molecule has 296 valence electrons. The Morgan fingerprint density at radius 3 is 2.18 bits per heavy atom. The van der Waals surface area contributed by atoms with Crippen LogP contribution in [0.25, 0.3) is 72.4 Å². The molecular weight excluding hydrogens is 747 g/mol. The minimum Gasteiger partial charge on any atom is -0.455 e. The number of nitrogens with zero attached hydrogens (tertiary/aromatic N) is 3. The first-order valence-electron chi connectivity index (χ1n) is 23.2. The van der Waals surface area contributed by atoms with Gasteiger partial charge in [-0.25, -0.2) is 0 Å². The number of hydrogen-bond acceptors (Lipinski definition) is 1. The normalized spacial score (nSPS) is 16.8. The number of benzene rings is 6. The highest BCUT2D eigenvalue weighted by Gasteiger charge is 2.67. The molecule has 1 unspecified atom stereocenters. The van der Waals surface area contributed by atoms with Gasteiger partial charge in [0.25, 0.3) is 0 Å². The molecule has 5 heteroatoms. The van der Waals surface area contributed by atoms with Gasteiger partial charge >= 0.3 is 11.5 Å². The van der Waals surface area contributed by atoms with E-state index in [0.717, 1.165) is 100 Å². The van der Waals surface area contributed by atoms with Gasteiger partial charge in [-0.3, -0.25) is 0 Å². The van der Waals surface area contributed by atoms with Gasteiger partial charge in [-0.15, -0.1) is 9.13 Å². The van der Waals surface area contributed by atoms with Crippen molar-refractivity contribution in [1.82, 2.24) is 4.57 Å². The number of hydrogen-bond donors (Lipinski definition) is 0. The average Bonchev–Trinajstić information content (AvgIpc) is 3.92. The highest BCUT2D eigenvalue weighted by molar-refractivity contribution is 6.88. The lowest BCUT2D eigenvalue weighted by atomic mass is 9.86. The van der Waals surface area contributed by atoms with Crippen molar-refractivity contribution in [2.75, 3.05) is 0 Å². The average molecular weight is 804 g/mol. The summed E-state index contributed by atoms with van der Waals surface area (Å²) in [6.07, 6.45) is 2.47. The van der Waals surface area contributed by atoms with E-state index in [1.54, 1.807) is 0 Å². The fourth-order valence-electron chi connectivity index (χ4n) is 11.1. The molecule has 5 heterocycles. The number of aromatic nitrogens is 3. The van der Waals surface area contributed by atoms with Crippen molar-refractivity contribution in [2.45, 2.75) is 86.5 Å². The van der Waals surface area contributed by atoms with Crippen molar-refractivity contribution >= 4 is 46.2 Å². The summed E-state index contributed by atoms with van der Waals surface area (Å²) in [6, 6.07) is 39.1. The Labute approximate surface area is 360 Å². The summed E-state index contributed by atoms with van der Waals surface area (Å²) < 4.78 is 48.5. The second kappa shape index (κ2) is 12.5. The molecule has 0 saturated carbocycles. The van der Waals surface area contributed by atoms with E-state index in [1.807, 2.05) is 39.8 Å². The second-order valence-electron chi connectivity index (χ2n) is 18.7. The molecule has 11 rings (SSSR count). The van der Waals surface area contributed by atoms with E-state index >= 15 is 0 Å². The van der Waals surface area contributed by atoms with Gasteiger partial charge in [-0.2, -0.15) is 4.57 Å². The number of furan rings is 1. The molecule has 0 aliphatic carbocycles. The standard InChI is InChI=1S/C55H53N3OSi/c1-31(2)38-19-21-41-44(29-38)55(56-30-49(60(9,10)11)35(6)27-47(41)56)43-23-22-40-42-28-39(50-36(7)25-32(3)26-37(50)8)20-24-48(42)59-53(40)51(43)54-57(52-33(4)15-14-16-34(52)5)45-17-12-13-18-46(45)58(54)55/h12-31H,1-11H3/q+2/i3D3,31D. The van der Waals surface area contributed by atoms with Gasteiger partial charge in [0.2, 0.25) is 5.69 Å². The van der Waals surface area contributed by atoms with Crippen LogP contribution in [0.5, 0.6) is 0 Å². The van der Waals surface area contributed by atoms with Crippen LogP contribution in [-0.2, 0) is 5.66 Å². The van der Waals surface area contributed by atoms with Gasteiger partial charge in [-0.05, 0) is 140 Å². The van der Waals surface area contributed by atoms with Crippen LogP contribution in [0.3, 0.4) is 0 Å². The highest BCUT2D eigenvalue weighted by atomic mass is 28.3. The van der Waals surface area contributed by atoms with Crippen LogP contribution in [0.1, 0.15) is 75.3 Å². The number of aryl methyl sites for hydroxylation is 6. The summed E-state index contributed by atoms with van der Waals surface area (Å²) in [7, 11) is -1.86. The van der Waals surface area contributed by atoms with E-state index in [1.165, 1.54) is 21.9 Å². The molecule has 1 atom stereocenters. The van der Waals surface area contributed by atoms with Crippen molar-refractivity contribution in [2.24, 2.45) is 0 Å². The zero-order chi connectivity index (χ0) is 45.2. The molecule has 6 aromatic carbocycles. The molecular formula is C55H53N3OSi+2. The van der Waals surface area contributed by atoms with Gasteiger partial charge in [0.05, 0.1) is 24.8 Å². The van der Waals surface area contributed by atoms with E-state index in [9.17, 15) is 1.37 Å². The SMILES string of the molecule is [2H]C([2H])([2H])c1cc(C)c(-c2ccc3oc4c5c(ccc4c3c2)C2(c3cc(C([2H])(C)C)ccc3-c3cc(C)c([Si](C)(C)C)c[n+]32)[n+]2c-5n(-c3c(C)cccc3C)c3ccccc32)c(C)c1. The Hall–Kier alpha value is -6.04. The molecule has 0 N–H and O–H groups in total. The molecule has 0 fully saturated rings. The van der Waals surface area contributed by atoms with Crippen LogP contribution in [0.15, 0.2) is 120 Å². The predicted octanol–water partition coefficient (Wildman–Crippen LogP) is 12.5. The molecule has 0 bridgehead atoms. The first-order valence-corrected chi connectivity index (χ1v) is 24.7. The Kier molecular flexibility index (Phi) is 6.82. The third-order valence-electron chi connectivity index (χ3n) is 13.5. The van der Waals surface area contributed by atoms with Crippen molar-refractivity contribution in [3.05, 3.63) is 165 Å². The van der Waals surface area contributed by atoms with Gasteiger partial charge in [-0.1, -0.05) is 93.6 Å². The second-order valence-corrected chi connectivity index (χ2v) is 23.7. The minimum absolute atomic E-state index is 0.358. The van der Waals surface area contributed by atoms with Crippen molar-refractivity contribution in [1.29, 1.82) is 0 Å². The minimum atomic E-state index is -2.18. The number of rotatable bonds is 4. The molecule has 60 heavy (non-hydrogen) atoms. The third kappa shape index (κ3) is 4.78. The molecule has 0 saturated heterocycles. The van der Waals surface area contributed by atoms with Crippen LogP contribution in [0, 0.1) is 41.5 Å². The quantitative estimate of drug-likeness (QED) is 0.129. The van der Waals surface area contributed by atoms with Crippen LogP contribution in [0.2, 0.25) is 19.6 Å². The van der Waals surface area contributed by atoms with Crippen molar-refractivity contribution in [3.8, 4) is 39.5 Å². The van der Waals surface area contributed by atoms with E-state index in [2.05, 4.69) is 157 Å². The first kappa shape index (κ1) is 32.8. The lowest BCUT2D eigenvalue weighted by Crippen LogP contribution is -2.72. The summed E-state index contributed by atoms with van der Waals surface area (Å²) in [4.78, 5) is 0. The largest absolute Gasteiger partial charge is 0.455 e. The Morgan fingerprint density at radius 2 is 1.47 bits per heavy atom. The zero-order valence-electron chi connectivity index (χ0n) is 40.2. The zero-order valence-corrected chi connectivity index (χ0v) is 37.2. The van der Waals surface area contributed by atoms with Gasteiger partial charge in [0, 0.05) is 27.5 Å². The topological polar surface area (TPSA) is 25.8 Å². The van der Waals surface area contributed by atoms with E-state index in [0.29, 0.717) is 5.56 Å². The van der Waals surface area contributed by atoms with Gasteiger partial charge in [0.15, 0.2) is 22.8 Å². The van der Waals surface area contributed by atoms with E-state index in [4.69, 9.17) is 8.53 Å². The van der Waals surface area contributed by atoms with E-state index in [-0.39, 0.29) is 0 Å². The molecule has 2 aliphatic rings. The molecule has 9 aromatic rings. The molecule has 3 aromatic heterocycles. The Morgan fingerprint density at radius 1 is 0.717 bits per heavy atom. The summed E-state index contributed by atoms with van der Waals surface area (Å²) in [6.45, 7) is 19.8. The number of para-hydroxylation sites is 3. The Bertz CT molecular complexity index is 3480. The summed E-state index contributed by atoms with van der Waals surface area (Å²) in [5, 5.41) is 3.43. The maximum absolute atomic E-state index is 9.35. The molecule has 4 nitrogen and oxygen atoms in total. The van der Waals surface area contributed by atoms with Crippen LogP contribution >= 0.6 is 0 Å². The van der Waals surface area contributed by atoms with E-state index < -0.39 is 26.5 Å². The summed E-state index contributed by atoms with van der Waals surface area (Å²) >= 11 is 0. The molecule has 0 radical (unpaired) electrons. The number of pyridine rings is 1. The van der Waals surface area contributed by atoms with Crippen LogP contribution in [-0.4, -0.2) is 12.6 Å². The predicted molar refractivity (Wildman–Crippen MR) is 251 cm³/mol. The summed E-state index contributed by atoms with van der Waals surface area (Å²) in [5.74, 6) is 0.211. The fourth-order valence-corrected chi connectivity index (χ4v) is 12.8. The van der Waals surface area contributed by atoms with Crippen molar-refractivity contribution in [3.63, 3.8) is 0 Å². The highest BCUT2D eigenvalue weighted by Crippen LogP contribution is 2.53. The van der Waals surface area contributed by atoms with Crippen molar-refractivity contribution < 1.29 is 19.0 Å². The third-order valence-corrected chi connectivity index (χ3v) is 15.7. The lowest BCUT2D eigenvalue weighted by molar-refractivity contribution is -0.944. The fraction of sp³-hybridized carbons (Fsp3) is 0.236. The molecule has 2 aliphatic heterocycles. The maximum atomic E-state index is 9.35. The lowest BCUT2D eigenvalue weighted by Gasteiger charge is -2.23. The van der Waals surface area contributed by atoms with Gasteiger partial charge in [0.1, 0.15) is 16.8 Å². The number of fused-ring (bicyclic) bond motifs is 16.